The highest BCUT2D eigenvalue weighted by atomic mass is 35.5. The predicted molar refractivity (Wildman–Crippen MR) is 92.1 cm³/mol. The Bertz CT molecular complexity index is 500. The molecule has 1 aliphatic rings. The fourth-order valence-electron chi connectivity index (χ4n) is 2.78. The molecule has 2 atom stereocenters. The summed E-state index contributed by atoms with van der Waals surface area (Å²) in [7, 11) is 0. The molecule has 5 nitrogen and oxygen atoms in total. The summed E-state index contributed by atoms with van der Waals surface area (Å²) in [5, 5.41) is 6.91. The first-order chi connectivity index (χ1) is 9.97. The molecule has 0 saturated carbocycles. The molecule has 0 unspecified atom stereocenters. The maximum Gasteiger partial charge on any atom is 0.232 e. The molecule has 2 N–H and O–H groups in total. The molecule has 0 spiro atoms. The van der Waals surface area contributed by atoms with E-state index in [1.54, 1.807) is 0 Å². The predicted octanol–water partition coefficient (Wildman–Crippen LogP) is 2.92. The number of rotatable bonds is 3. The van der Waals surface area contributed by atoms with E-state index in [1.165, 1.54) is 6.42 Å². The smallest absolute Gasteiger partial charge is 0.232 e. The molecule has 1 aromatic rings. The minimum Gasteiger partial charge on any atom is -0.363 e. The SMILES string of the molecule is CCNC(=S)Nc1nc(Cl)cc(N2C[C@@H](C)C[C@H](C)C2)n1. The zero-order valence-corrected chi connectivity index (χ0v) is 14.3. The third kappa shape index (κ3) is 4.68. The van der Waals surface area contributed by atoms with Crippen molar-refractivity contribution < 1.29 is 0 Å². The van der Waals surface area contributed by atoms with E-state index >= 15 is 0 Å². The van der Waals surface area contributed by atoms with E-state index in [4.69, 9.17) is 23.8 Å². The van der Waals surface area contributed by atoms with Crippen molar-refractivity contribution in [1.82, 2.24) is 15.3 Å². The van der Waals surface area contributed by atoms with Crippen molar-refractivity contribution in [2.75, 3.05) is 29.9 Å². The molecule has 1 aromatic heterocycles. The fraction of sp³-hybridized carbons (Fsp3) is 0.643. The third-order valence-corrected chi connectivity index (χ3v) is 3.88. The Morgan fingerprint density at radius 1 is 1.38 bits per heavy atom. The summed E-state index contributed by atoms with van der Waals surface area (Å²) >= 11 is 11.3. The van der Waals surface area contributed by atoms with Crippen molar-refractivity contribution in [3.63, 3.8) is 0 Å². The van der Waals surface area contributed by atoms with E-state index in [2.05, 4.69) is 39.3 Å². The van der Waals surface area contributed by atoms with Crippen molar-refractivity contribution in [2.24, 2.45) is 11.8 Å². The molecule has 1 fully saturated rings. The van der Waals surface area contributed by atoms with Gasteiger partial charge in [0.1, 0.15) is 11.0 Å². The summed E-state index contributed by atoms with van der Waals surface area (Å²) in [5.74, 6) is 2.60. The van der Waals surface area contributed by atoms with Gasteiger partial charge < -0.3 is 15.5 Å². The van der Waals surface area contributed by atoms with Crippen LogP contribution in [0.5, 0.6) is 0 Å². The molecule has 2 rings (SSSR count). The second-order valence-electron chi connectivity index (χ2n) is 5.71. The molecule has 7 heteroatoms. The van der Waals surface area contributed by atoms with Gasteiger partial charge in [0.25, 0.3) is 0 Å². The first-order valence-electron chi connectivity index (χ1n) is 7.32. The van der Waals surface area contributed by atoms with Crippen LogP contribution in [0.4, 0.5) is 11.8 Å². The number of hydrogen-bond donors (Lipinski definition) is 2. The molecular formula is C14H22ClN5S. The minimum absolute atomic E-state index is 0.424. The number of thiocarbonyl (C=S) groups is 1. The van der Waals surface area contributed by atoms with Gasteiger partial charge in [0.15, 0.2) is 5.11 Å². The van der Waals surface area contributed by atoms with E-state index in [-0.39, 0.29) is 0 Å². The lowest BCUT2D eigenvalue weighted by Gasteiger charge is -2.35. The van der Waals surface area contributed by atoms with E-state index in [0.717, 1.165) is 25.5 Å². The number of nitrogens with zero attached hydrogens (tertiary/aromatic N) is 3. The van der Waals surface area contributed by atoms with E-state index in [9.17, 15) is 0 Å². The first kappa shape index (κ1) is 16.2. The summed E-state index contributed by atoms with van der Waals surface area (Å²) in [4.78, 5) is 11.0. The average Bonchev–Trinajstić information content (AvgIpc) is 2.37. The summed E-state index contributed by atoms with van der Waals surface area (Å²) in [6.07, 6.45) is 1.25. The lowest BCUT2D eigenvalue weighted by atomic mass is 9.92. The molecule has 0 amide bonds. The van der Waals surface area contributed by atoms with Crippen LogP contribution >= 0.6 is 23.8 Å². The lowest BCUT2D eigenvalue weighted by Crippen LogP contribution is -2.39. The number of halogens is 1. The lowest BCUT2D eigenvalue weighted by molar-refractivity contribution is 0.355. The van der Waals surface area contributed by atoms with Gasteiger partial charge in [0, 0.05) is 25.7 Å². The number of aromatic nitrogens is 2. The van der Waals surface area contributed by atoms with E-state index in [0.29, 0.717) is 28.0 Å². The standard InChI is InChI=1S/C14H22ClN5S/c1-4-16-14(21)19-13-17-11(15)6-12(18-13)20-7-9(2)5-10(3)8-20/h6,9-10H,4-5,7-8H2,1-3H3,(H2,16,17,18,19,21)/t9-,10-/m0/s1. The zero-order chi connectivity index (χ0) is 15.4. The van der Waals surface area contributed by atoms with E-state index in [1.807, 2.05) is 13.0 Å². The highest BCUT2D eigenvalue weighted by molar-refractivity contribution is 7.80. The van der Waals surface area contributed by atoms with Crippen LogP contribution in [0.25, 0.3) is 0 Å². The van der Waals surface area contributed by atoms with Gasteiger partial charge in [-0.2, -0.15) is 4.98 Å². The first-order valence-corrected chi connectivity index (χ1v) is 8.11. The summed E-state index contributed by atoms with van der Waals surface area (Å²) in [6, 6.07) is 1.81. The highest BCUT2D eigenvalue weighted by Gasteiger charge is 2.23. The molecule has 1 saturated heterocycles. The zero-order valence-electron chi connectivity index (χ0n) is 12.7. The van der Waals surface area contributed by atoms with Gasteiger partial charge in [-0.15, -0.1) is 0 Å². The molecular weight excluding hydrogens is 306 g/mol. The van der Waals surface area contributed by atoms with Gasteiger partial charge in [-0.05, 0) is 37.4 Å². The Morgan fingerprint density at radius 2 is 2.05 bits per heavy atom. The average molecular weight is 328 g/mol. The number of nitrogens with one attached hydrogen (secondary N) is 2. The van der Waals surface area contributed by atoms with Gasteiger partial charge in [-0.25, -0.2) is 4.98 Å². The molecule has 21 heavy (non-hydrogen) atoms. The normalized spacial score (nSPS) is 22.0. The Kier molecular flexibility index (Phi) is 5.58. The fourth-order valence-corrected chi connectivity index (χ4v) is 3.19. The number of hydrogen-bond acceptors (Lipinski definition) is 4. The van der Waals surface area contributed by atoms with Crippen LogP contribution < -0.4 is 15.5 Å². The molecule has 1 aliphatic heterocycles. The van der Waals surface area contributed by atoms with Gasteiger partial charge in [0.05, 0.1) is 0 Å². The largest absolute Gasteiger partial charge is 0.363 e. The van der Waals surface area contributed by atoms with Crippen molar-refractivity contribution in [2.45, 2.75) is 27.2 Å². The summed E-state index contributed by atoms with van der Waals surface area (Å²) < 4.78 is 0. The maximum absolute atomic E-state index is 6.12. The van der Waals surface area contributed by atoms with Crippen LogP contribution in [0, 0.1) is 11.8 Å². The molecule has 0 bridgehead atoms. The van der Waals surface area contributed by atoms with Crippen LogP contribution in [0.2, 0.25) is 5.15 Å². The van der Waals surface area contributed by atoms with E-state index < -0.39 is 0 Å². The quantitative estimate of drug-likeness (QED) is 0.657. The van der Waals surface area contributed by atoms with Gasteiger partial charge in [-0.1, -0.05) is 25.4 Å². The van der Waals surface area contributed by atoms with Crippen molar-refractivity contribution in [1.29, 1.82) is 0 Å². The van der Waals surface area contributed by atoms with Crippen LogP contribution in [-0.2, 0) is 0 Å². The second-order valence-corrected chi connectivity index (χ2v) is 6.50. The van der Waals surface area contributed by atoms with Gasteiger partial charge in [-0.3, -0.25) is 0 Å². The molecule has 0 radical (unpaired) electrons. The van der Waals surface area contributed by atoms with Crippen molar-refractivity contribution in [3.05, 3.63) is 11.2 Å². The summed E-state index contributed by atoms with van der Waals surface area (Å²) in [5.41, 5.74) is 0. The molecule has 2 heterocycles. The summed E-state index contributed by atoms with van der Waals surface area (Å²) in [6.45, 7) is 9.26. The van der Waals surface area contributed by atoms with Crippen LogP contribution in [0.3, 0.4) is 0 Å². The Balaban J connectivity index is 2.16. The second kappa shape index (κ2) is 7.22. The highest BCUT2D eigenvalue weighted by Crippen LogP contribution is 2.26. The molecule has 116 valence electrons. The van der Waals surface area contributed by atoms with Gasteiger partial charge >= 0.3 is 0 Å². The topological polar surface area (TPSA) is 53.1 Å². The van der Waals surface area contributed by atoms with Gasteiger partial charge in [0.2, 0.25) is 5.95 Å². The molecule has 0 aromatic carbocycles. The van der Waals surface area contributed by atoms with Crippen LogP contribution in [-0.4, -0.2) is 34.7 Å². The van der Waals surface area contributed by atoms with Crippen LogP contribution in [0.15, 0.2) is 6.07 Å². The molecule has 0 aliphatic carbocycles. The maximum atomic E-state index is 6.12. The third-order valence-electron chi connectivity index (χ3n) is 3.44. The van der Waals surface area contributed by atoms with Crippen molar-refractivity contribution in [3.8, 4) is 0 Å². The van der Waals surface area contributed by atoms with Crippen LogP contribution in [0.1, 0.15) is 27.2 Å². The monoisotopic (exact) mass is 327 g/mol. The number of anilines is 2. The Labute approximate surface area is 136 Å². The minimum atomic E-state index is 0.424. The number of piperidine rings is 1. The van der Waals surface area contributed by atoms with Crippen molar-refractivity contribution >= 4 is 40.7 Å². The Morgan fingerprint density at radius 3 is 2.67 bits per heavy atom. The Hall–Kier alpha value is -1.14.